The maximum absolute atomic E-state index is 5.91. The SMILES string of the molecule is CNC1CCCN(Cc2ccc(OC)c(OCC(C)C)c2)C1. The largest absolute Gasteiger partial charge is 0.493 e. The lowest BCUT2D eigenvalue weighted by atomic mass is 10.0. The molecular formula is C18H30N2O2. The number of hydrogen-bond acceptors (Lipinski definition) is 4. The van der Waals surface area contributed by atoms with E-state index in [9.17, 15) is 0 Å². The number of piperidine rings is 1. The first kappa shape index (κ1) is 17.1. The van der Waals surface area contributed by atoms with Crippen molar-refractivity contribution in [2.45, 2.75) is 39.3 Å². The predicted octanol–water partition coefficient (Wildman–Crippen LogP) is 2.91. The van der Waals surface area contributed by atoms with Crippen LogP contribution in [0.4, 0.5) is 0 Å². The van der Waals surface area contributed by atoms with E-state index >= 15 is 0 Å². The zero-order chi connectivity index (χ0) is 15.9. The van der Waals surface area contributed by atoms with Gasteiger partial charge < -0.3 is 14.8 Å². The lowest BCUT2D eigenvalue weighted by Gasteiger charge is -2.32. The Morgan fingerprint density at radius 3 is 2.82 bits per heavy atom. The molecule has 4 heteroatoms. The number of methoxy groups -OCH3 is 1. The standard InChI is InChI=1S/C18H30N2O2/c1-14(2)13-22-18-10-15(7-8-17(18)21-4)11-20-9-5-6-16(12-20)19-3/h7-8,10,14,16,19H,5-6,9,11-13H2,1-4H3. The van der Waals surface area contributed by atoms with Gasteiger partial charge in [0.25, 0.3) is 0 Å². The fourth-order valence-electron chi connectivity index (χ4n) is 2.88. The summed E-state index contributed by atoms with van der Waals surface area (Å²) < 4.78 is 11.3. The molecule has 4 nitrogen and oxygen atoms in total. The summed E-state index contributed by atoms with van der Waals surface area (Å²) in [5.74, 6) is 2.18. The van der Waals surface area contributed by atoms with E-state index in [2.05, 4.69) is 43.2 Å². The Kier molecular flexibility index (Phi) is 6.52. The highest BCUT2D eigenvalue weighted by Crippen LogP contribution is 2.29. The van der Waals surface area contributed by atoms with Gasteiger partial charge in [-0.2, -0.15) is 0 Å². The summed E-state index contributed by atoms with van der Waals surface area (Å²) in [7, 11) is 3.75. The first-order chi connectivity index (χ1) is 10.6. The number of likely N-dealkylation sites (N-methyl/N-ethyl adjacent to an activating group) is 1. The van der Waals surface area contributed by atoms with Gasteiger partial charge in [-0.05, 0) is 50.0 Å². The topological polar surface area (TPSA) is 33.7 Å². The molecule has 1 aliphatic rings. The van der Waals surface area contributed by atoms with Crippen molar-refractivity contribution in [1.29, 1.82) is 0 Å². The van der Waals surface area contributed by atoms with Crippen LogP contribution in [-0.2, 0) is 6.54 Å². The minimum atomic E-state index is 0.506. The zero-order valence-corrected chi connectivity index (χ0v) is 14.4. The fourth-order valence-corrected chi connectivity index (χ4v) is 2.88. The van der Waals surface area contributed by atoms with Crippen LogP contribution in [0.2, 0.25) is 0 Å². The van der Waals surface area contributed by atoms with Crippen LogP contribution in [0.3, 0.4) is 0 Å². The molecule has 124 valence electrons. The molecule has 0 amide bonds. The molecule has 0 saturated carbocycles. The lowest BCUT2D eigenvalue weighted by Crippen LogP contribution is -2.43. The van der Waals surface area contributed by atoms with Crippen LogP contribution in [0, 0.1) is 5.92 Å². The van der Waals surface area contributed by atoms with Crippen molar-refractivity contribution in [1.82, 2.24) is 10.2 Å². The number of nitrogens with one attached hydrogen (secondary N) is 1. The highest BCUT2D eigenvalue weighted by atomic mass is 16.5. The molecule has 2 rings (SSSR count). The van der Waals surface area contributed by atoms with Crippen LogP contribution < -0.4 is 14.8 Å². The van der Waals surface area contributed by atoms with Crippen LogP contribution in [0.5, 0.6) is 11.5 Å². The monoisotopic (exact) mass is 306 g/mol. The third kappa shape index (κ3) is 4.89. The third-order valence-corrected chi connectivity index (χ3v) is 4.12. The summed E-state index contributed by atoms with van der Waals surface area (Å²) in [4.78, 5) is 2.51. The number of likely N-dealkylation sites (tertiary alicyclic amines) is 1. The highest BCUT2D eigenvalue weighted by molar-refractivity contribution is 5.43. The van der Waals surface area contributed by atoms with Crippen LogP contribution in [0.15, 0.2) is 18.2 Å². The Morgan fingerprint density at radius 1 is 1.32 bits per heavy atom. The molecule has 1 aromatic carbocycles. The maximum Gasteiger partial charge on any atom is 0.161 e. The van der Waals surface area contributed by atoms with E-state index in [-0.39, 0.29) is 0 Å². The summed E-state index contributed by atoms with van der Waals surface area (Å²) in [6.07, 6.45) is 2.54. The molecule has 0 aromatic heterocycles. The van der Waals surface area contributed by atoms with Gasteiger partial charge in [0.2, 0.25) is 0 Å². The summed E-state index contributed by atoms with van der Waals surface area (Å²) in [5.41, 5.74) is 1.29. The number of nitrogens with zero attached hydrogens (tertiary/aromatic N) is 1. The normalized spacial score (nSPS) is 19.4. The molecular weight excluding hydrogens is 276 g/mol. The van der Waals surface area contributed by atoms with E-state index < -0.39 is 0 Å². The van der Waals surface area contributed by atoms with Gasteiger partial charge in [0.15, 0.2) is 11.5 Å². The molecule has 1 N–H and O–H groups in total. The van der Waals surface area contributed by atoms with Gasteiger partial charge in [-0.3, -0.25) is 4.90 Å². The van der Waals surface area contributed by atoms with Crippen molar-refractivity contribution >= 4 is 0 Å². The molecule has 0 spiro atoms. The Bertz CT molecular complexity index is 462. The van der Waals surface area contributed by atoms with Crippen molar-refractivity contribution in [3.8, 4) is 11.5 Å². The van der Waals surface area contributed by atoms with Gasteiger partial charge in [0.05, 0.1) is 13.7 Å². The first-order valence-electron chi connectivity index (χ1n) is 8.31. The van der Waals surface area contributed by atoms with Gasteiger partial charge in [0.1, 0.15) is 0 Å². The van der Waals surface area contributed by atoms with Crippen molar-refractivity contribution < 1.29 is 9.47 Å². The Balaban J connectivity index is 2.02. The second-order valence-electron chi connectivity index (χ2n) is 6.55. The average molecular weight is 306 g/mol. The van der Waals surface area contributed by atoms with E-state index in [1.165, 1.54) is 24.9 Å². The minimum absolute atomic E-state index is 0.506. The van der Waals surface area contributed by atoms with Gasteiger partial charge >= 0.3 is 0 Å². The number of ether oxygens (including phenoxy) is 2. The van der Waals surface area contributed by atoms with Gasteiger partial charge in [-0.25, -0.2) is 0 Å². The van der Waals surface area contributed by atoms with Crippen LogP contribution in [0.25, 0.3) is 0 Å². The predicted molar refractivity (Wildman–Crippen MR) is 90.7 cm³/mol. The molecule has 0 radical (unpaired) electrons. The summed E-state index contributed by atoms with van der Waals surface area (Å²) in [5, 5.41) is 3.40. The maximum atomic E-state index is 5.91. The van der Waals surface area contributed by atoms with Crippen LogP contribution in [-0.4, -0.2) is 44.8 Å². The molecule has 1 aliphatic heterocycles. The fraction of sp³-hybridized carbons (Fsp3) is 0.667. The van der Waals surface area contributed by atoms with Gasteiger partial charge in [0, 0.05) is 19.1 Å². The van der Waals surface area contributed by atoms with Gasteiger partial charge in [-0.1, -0.05) is 19.9 Å². The minimum Gasteiger partial charge on any atom is -0.493 e. The molecule has 1 atom stereocenters. The zero-order valence-electron chi connectivity index (χ0n) is 14.4. The molecule has 1 saturated heterocycles. The molecule has 1 fully saturated rings. The van der Waals surface area contributed by atoms with E-state index in [4.69, 9.17) is 9.47 Å². The summed E-state index contributed by atoms with van der Waals surface area (Å²) >= 11 is 0. The molecule has 1 unspecified atom stereocenters. The van der Waals surface area contributed by atoms with E-state index in [1.807, 2.05) is 6.07 Å². The van der Waals surface area contributed by atoms with E-state index in [0.717, 1.165) is 24.6 Å². The van der Waals surface area contributed by atoms with Crippen LogP contribution in [0.1, 0.15) is 32.3 Å². The average Bonchev–Trinajstić information content (AvgIpc) is 2.53. The van der Waals surface area contributed by atoms with E-state index in [0.29, 0.717) is 18.6 Å². The summed E-state index contributed by atoms with van der Waals surface area (Å²) in [6, 6.07) is 6.90. The Hall–Kier alpha value is -1.26. The van der Waals surface area contributed by atoms with Gasteiger partial charge in [-0.15, -0.1) is 0 Å². The molecule has 22 heavy (non-hydrogen) atoms. The number of rotatable bonds is 7. The number of hydrogen-bond donors (Lipinski definition) is 1. The number of benzene rings is 1. The second kappa shape index (κ2) is 8.39. The van der Waals surface area contributed by atoms with Crippen molar-refractivity contribution in [2.24, 2.45) is 5.92 Å². The second-order valence-corrected chi connectivity index (χ2v) is 6.55. The van der Waals surface area contributed by atoms with Crippen molar-refractivity contribution in [2.75, 3.05) is 33.9 Å². The van der Waals surface area contributed by atoms with Crippen molar-refractivity contribution in [3.05, 3.63) is 23.8 Å². The van der Waals surface area contributed by atoms with Crippen LogP contribution >= 0.6 is 0 Å². The smallest absolute Gasteiger partial charge is 0.161 e. The Morgan fingerprint density at radius 2 is 2.14 bits per heavy atom. The third-order valence-electron chi connectivity index (χ3n) is 4.12. The Labute approximate surface area is 134 Å². The molecule has 1 heterocycles. The highest BCUT2D eigenvalue weighted by Gasteiger charge is 2.18. The summed E-state index contributed by atoms with van der Waals surface area (Å²) in [6.45, 7) is 8.28. The first-order valence-corrected chi connectivity index (χ1v) is 8.31. The van der Waals surface area contributed by atoms with E-state index in [1.54, 1.807) is 7.11 Å². The lowest BCUT2D eigenvalue weighted by molar-refractivity contribution is 0.187. The molecule has 0 bridgehead atoms. The quantitative estimate of drug-likeness (QED) is 0.840. The molecule has 0 aliphatic carbocycles. The molecule has 1 aromatic rings. The van der Waals surface area contributed by atoms with Crippen molar-refractivity contribution in [3.63, 3.8) is 0 Å².